The Balaban J connectivity index is 1.30. The third-order valence-electron chi connectivity index (χ3n) is 5.01. The van der Waals surface area contributed by atoms with Crippen LogP contribution in [0.25, 0.3) is 5.82 Å². The van der Waals surface area contributed by atoms with Crippen LogP contribution < -0.4 is 5.56 Å². The lowest BCUT2D eigenvalue weighted by Crippen LogP contribution is -2.47. The van der Waals surface area contributed by atoms with Crippen molar-refractivity contribution in [1.29, 1.82) is 0 Å². The quantitative estimate of drug-likeness (QED) is 0.628. The highest BCUT2D eigenvalue weighted by Crippen LogP contribution is 2.12. The number of aromatic nitrogens is 4. The van der Waals surface area contributed by atoms with Crippen molar-refractivity contribution in [2.75, 3.05) is 32.7 Å². The van der Waals surface area contributed by atoms with Gasteiger partial charge in [0.15, 0.2) is 5.82 Å². The number of halogens is 2. The molecule has 0 spiro atoms. The summed E-state index contributed by atoms with van der Waals surface area (Å²) in [5, 5.41) is 8.52. The molecule has 0 N–H and O–H groups in total. The molecule has 29 heavy (non-hydrogen) atoms. The van der Waals surface area contributed by atoms with Crippen LogP contribution in [0.15, 0.2) is 53.6 Å². The lowest BCUT2D eigenvalue weighted by atomic mass is 10.2. The first-order valence-corrected chi connectivity index (χ1v) is 9.55. The second kappa shape index (κ2) is 8.62. The Kier molecular flexibility index (Phi) is 5.77. The molecule has 3 aromatic rings. The Morgan fingerprint density at radius 1 is 0.931 bits per heavy atom. The van der Waals surface area contributed by atoms with Crippen molar-refractivity contribution in [3.63, 3.8) is 0 Å². The Bertz CT molecular complexity index is 992. The topological polar surface area (TPSA) is 59.2 Å². The van der Waals surface area contributed by atoms with Gasteiger partial charge in [0.25, 0.3) is 5.56 Å². The number of benzene rings is 1. The van der Waals surface area contributed by atoms with Gasteiger partial charge in [0.05, 0.1) is 6.54 Å². The first-order valence-electron chi connectivity index (χ1n) is 9.55. The van der Waals surface area contributed by atoms with Gasteiger partial charge in [-0.25, -0.2) is 18.1 Å². The number of rotatable bonds is 6. The summed E-state index contributed by atoms with van der Waals surface area (Å²) in [6.45, 7) is 4.97. The molecule has 0 atom stereocenters. The van der Waals surface area contributed by atoms with Crippen LogP contribution in [-0.2, 0) is 13.1 Å². The summed E-state index contributed by atoms with van der Waals surface area (Å²) in [5.41, 5.74) is 0.495. The molecule has 0 amide bonds. The van der Waals surface area contributed by atoms with Crippen LogP contribution >= 0.6 is 0 Å². The Morgan fingerprint density at radius 3 is 2.34 bits per heavy atom. The minimum atomic E-state index is -0.547. The Morgan fingerprint density at radius 2 is 1.66 bits per heavy atom. The van der Waals surface area contributed by atoms with Gasteiger partial charge in [-0.15, -0.1) is 5.10 Å². The van der Waals surface area contributed by atoms with E-state index in [2.05, 4.69) is 20.0 Å². The molecule has 9 heteroatoms. The fourth-order valence-corrected chi connectivity index (χ4v) is 3.49. The number of hydrogen-bond donors (Lipinski definition) is 0. The summed E-state index contributed by atoms with van der Waals surface area (Å²) in [6, 6.07) is 8.59. The van der Waals surface area contributed by atoms with Crippen LogP contribution in [0.3, 0.4) is 0 Å². The summed E-state index contributed by atoms with van der Waals surface area (Å²) in [5.74, 6) is -0.496. The minimum absolute atomic E-state index is 0.146. The first-order chi connectivity index (χ1) is 14.1. The van der Waals surface area contributed by atoms with E-state index in [0.29, 0.717) is 31.0 Å². The zero-order valence-corrected chi connectivity index (χ0v) is 15.9. The summed E-state index contributed by atoms with van der Waals surface area (Å²) < 4.78 is 29.8. The minimum Gasteiger partial charge on any atom is -0.299 e. The van der Waals surface area contributed by atoms with Crippen molar-refractivity contribution in [1.82, 2.24) is 29.4 Å². The monoisotopic (exact) mass is 400 g/mol. The summed E-state index contributed by atoms with van der Waals surface area (Å²) in [6.07, 6.45) is 3.44. The van der Waals surface area contributed by atoms with E-state index in [-0.39, 0.29) is 5.56 Å². The van der Waals surface area contributed by atoms with Crippen LogP contribution in [-0.4, -0.2) is 62.1 Å². The van der Waals surface area contributed by atoms with Gasteiger partial charge >= 0.3 is 0 Å². The third kappa shape index (κ3) is 4.93. The maximum absolute atomic E-state index is 13.4. The molecule has 3 heterocycles. The highest BCUT2D eigenvalue weighted by atomic mass is 19.1. The van der Waals surface area contributed by atoms with Crippen molar-refractivity contribution < 1.29 is 8.78 Å². The lowest BCUT2D eigenvalue weighted by molar-refractivity contribution is 0.122. The zero-order chi connectivity index (χ0) is 20.2. The van der Waals surface area contributed by atoms with Crippen LogP contribution in [0, 0.1) is 11.6 Å². The van der Waals surface area contributed by atoms with Crippen molar-refractivity contribution in [3.05, 3.63) is 76.3 Å². The van der Waals surface area contributed by atoms with Gasteiger partial charge in [-0.2, -0.15) is 5.10 Å². The second-order valence-corrected chi connectivity index (χ2v) is 7.10. The number of piperazine rings is 1. The van der Waals surface area contributed by atoms with E-state index in [1.165, 1.54) is 22.9 Å². The Labute approximate surface area is 166 Å². The molecular weight excluding hydrogens is 378 g/mol. The molecule has 1 fully saturated rings. The van der Waals surface area contributed by atoms with E-state index in [4.69, 9.17) is 0 Å². The van der Waals surface area contributed by atoms with Crippen LogP contribution in [0.5, 0.6) is 0 Å². The van der Waals surface area contributed by atoms with Crippen molar-refractivity contribution in [2.24, 2.45) is 0 Å². The van der Waals surface area contributed by atoms with Gasteiger partial charge in [0.1, 0.15) is 11.6 Å². The van der Waals surface area contributed by atoms with E-state index in [9.17, 15) is 13.6 Å². The van der Waals surface area contributed by atoms with E-state index in [0.717, 1.165) is 32.2 Å². The molecular formula is C20H22F2N6O. The average Bonchev–Trinajstić information content (AvgIpc) is 3.22. The lowest BCUT2D eigenvalue weighted by Gasteiger charge is -2.34. The smallest absolute Gasteiger partial charge is 0.266 e. The van der Waals surface area contributed by atoms with Gasteiger partial charge in [-0.1, -0.05) is 0 Å². The molecule has 0 radical (unpaired) electrons. The predicted octanol–water partition coefficient (Wildman–Crippen LogP) is 1.53. The van der Waals surface area contributed by atoms with Crippen LogP contribution in [0.4, 0.5) is 8.78 Å². The first kappa shape index (κ1) is 19.4. The van der Waals surface area contributed by atoms with Gasteiger partial charge in [0, 0.05) is 63.8 Å². The zero-order valence-electron chi connectivity index (χ0n) is 15.9. The molecule has 0 saturated carbocycles. The van der Waals surface area contributed by atoms with Gasteiger partial charge in [-0.3, -0.25) is 14.6 Å². The molecule has 7 nitrogen and oxygen atoms in total. The van der Waals surface area contributed by atoms with Crippen LogP contribution in [0.1, 0.15) is 5.56 Å². The normalized spacial score (nSPS) is 15.7. The van der Waals surface area contributed by atoms with E-state index >= 15 is 0 Å². The van der Waals surface area contributed by atoms with Crippen molar-refractivity contribution >= 4 is 0 Å². The average molecular weight is 400 g/mol. The maximum atomic E-state index is 13.4. The predicted molar refractivity (Wildman–Crippen MR) is 104 cm³/mol. The largest absolute Gasteiger partial charge is 0.299 e. The highest BCUT2D eigenvalue weighted by molar-refractivity contribution is 5.18. The van der Waals surface area contributed by atoms with Crippen LogP contribution in [0.2, 0.25) is 0 Å². The molecule has 0 unspecified atom stereocenters. The third-order valence-corrected chi connectivity index (χ3v) is 5.01. The molecule has 1 aromatic carbocycles. The number of nitrogens with zero attached hydrogens (tertiary/aromatic N) is 6. The Hall–Kier alpha value is -2.91. The SMILES string of the molecule is O=c1ccc(-n2cccn2)nn1CCN1CCN(Cc2cc(F)cc(F)c2)CC1. The second-order valence-electron chi connectivity index (χ2n) is 7.10. The molecule has 0 bridgehead atoms. The number of hydrogen-bond acceptors (Lipinski definition) is 5. The summed E-state index contributed by atoms with van der Waals surface area (Å²) in [4.78, 5) is 16.5. The molecule has 1 aliphatic heterocycles. The van der Waals surface area contributed by atoms with Crippen molar-refractivity contribution in [2.45, 2.75) is 13.1 Å². The molecule has 1 saturated heterocycles. The fraction of sp³-hybridized carbons (Fsp3) is 0.350. The maximum Gasteiger partial charge on any atom is 0.266 e. The van der Waals surface area contributed by atoms with Gasteiger partial charge in [0.2, 0.25) is 0 Å². The summed E-state index contributed by atoms with van der Waals surface area (Å²) >= 11 is 0. The summed E-state index contributed by atoms with van der Waals surface area (Å²) in [7, 11) is 0. The molecule has 2 aromatic heterocycles. The molecule has 0 aliphatic carbocycles. The standard InChI is InChI=1S/C20H22F2N6O/c21-17-12-16(13-18(22)14-17)15-26-8-6-25(7-9-26)10-11-28-20(29)3-2-19(24-28)27-5-1-4-23-27/h1-5,12-14H,6-11,15H2. The van der Waals surface area contributed by atoms with Gasteiger partial charge in [-0.05, 0) is 29.8 Å². The molecule has 152 valence electrons. The van der Waals surface area contributed by atoms with E-state index < -0.39 is 11.6 Å². The highest BCUT2D eigenvalue weighted by Gasteiger charge is 2.17. The van der Waals surface area contributed by atoms with Crippen molar-refractivity contribution in [3.8, 4) is 5.82 Å². The van der Waals surface area contributed by atoms with Gasteiger partial charge < -0.3 is 0 Å². The fourth-order valence-electron chi connectivity index (χ4n) is 3.49. The molecule has 4 rings (SSSR count). The van der Waals surface area contributed by atoms with E-state index in [1.54, 1.807) is 29.2 Å². The van der Waals surface area contributed by atoms with E-state index in [1.807, 2.05) is 0 Å². The molecule has 1 aliphatic rings.